The molecule has 0 aliphatic rings. The van der Waals surface area contributed by atoms with E-state index in [4.69, 9.17) is 28.9 Å². The summed E-state index contributed by atoms with van der Waals surface area (Å²) < 4.78 is 8.44. The summed E-state index contributed by atoms with van der Waals surface area (Å²) in [6.07, 6.45) is 0. The first-order valence-corrected chi connectivity index (χ1v) is 7.28. The van der Waals surface area contributed by atoms with E-state index in [9.17, 15) is 0 Å². The Morgan fingerprint density at radius 1 is 1.10 bits per heavy atom. The highest BCUT2D eigenvalue weighted by Crippen LogP contribution is 2.37. The van der Waals surface area contributed by atoms with Crippen LogP contribution in [0.1, 0.15) is 5.56 Å². The van der Waals surface area contributed by atoms with Gasteiger partial charge in [-0.05, 0) is 36.8 Å². The Morgan fingerprint density at radius 3 is 2.60 bits per heavy atom. The molecule has 1 heterocycles. The standard InChI is InChI=1S/C13H10Cl2N4S/c1-6-4-7(16)2-3-10(6)17-11-8(14)5-9(15)12-13(11)19-20-18-12/h2-5,17H,16H2,1H3. The van der Waals surface area contributed by atoms with Gasteiger partial charge in [-0.3, -0.25) is 0 Å². The van der Waals surface area contributed by atoms with Gasteiger partial charge in [-0.25, -0.2) is 0 Å². The van der Waals surface area contributed by atoms with Crippen molar-refractivity contribution in [3.63, 3.8) is 0 Å². The molecule has 0 bridgehead atoms. The van der Waals surface area contributed by atoms with E-state index in [1.165, 1.54) is 0 Å². The lowest BCUT2D eigenvalue weighted by Crippen LogP contribution is -1.96. The molecule has 20 heavy (non-hydrogen) atoms. The molecule has 3 aromatic rings. The molecule has 7 heteroatoms. The van der Waals surface area contributed by atoms with Crippen LogP contribution in [-0.2, 0) is 0 Å². The number of nitrogens with one attached hydrogen (secondary N) is 1. The van der Waals surface area contributed by atoms with Crippen LogP contribution in [0.4, 0.5) is 17.1 Å². The fraction of sp³-hybridized carbons (Fsp3) is 0.0769. The first-order chi connectivity index (χ1) is 9.56. The summed E-state index contributed by atoms with van der Waals surface area (Å²) in [5, 5.41) is 4.29. The van der Waals surface area contributed by atoms with Crippen molar-refractivity contribution in [1.29, 1.82) is 0 Å². The van der Waals surface area contributed by atoms with Gasteiger partial charge < -0.3 is 11.1 Å². The Hall–Kier alpha value is -1.56. The number of rotatable bonds is 2. The maximum absolute atomic E-state index is 6.26. The summed E-state index contributed by atoms with van der Waals surface area (Å²) in [6, 6.07) is 7.29. The van der Waals surface area contributed by atoms with Crippen LogP contribution in [0.2, 0.25) is 10.0 Å². The number of anilines is 3. The van der Waals surface area contributed by atoms with Crippen molar-refractivity contribution in [3.8, 4) is 0 Å². The molecule has 0 saturated carbocycles. The second kappa shape index (κ2) is 5.09. The van der Waals surface area contributed by atoms with E-state index in [0.29, 0.717) is 26.8 Å². The largest absolute Gasteiger partial charge is 0.399 e. The zero-order valence-electron chi connectivity index (χ0n) is 10.4. The van der Waals surface area contributed by atoms with E-state index in [0.717, 1.165) is 28.7 Å². The van der Waals surface area contributed by atoms with Crippen molar-refractivity contribution in [2.75, 3.05) is 11.1 Å². The van der Waals surface area contributed by atoms with Gasteiger partial charge in [0.1, 0.15) is 11.0 Å². The molecule has 0 fully saturated rings. The summed E-state index contributed by atoms with van der Waals surface area (Å²) in [7, 11) is 0. The van der Waals surface area contributed by atoms with Gasteiger partial charge >= 0.3 is 0 Å². The number of nitrogens with zero attached hydrogens (tertiary/aromatic N) is 2. The summed E-state index contributed by atoms with van der Waals surface area (Å²) in [5.41, 5.74) is 10.4. The average Bonchev–Trinajstić information content (AvgIpc) is 2.86. The number of benzene rings is 2. The van der Waals surface area contributed by atoms with Crippen LogP contribution >= 0.6 is 34.9 Å². The second-order valence-electron chi connectivity index (χ2n) is 4.38. The van der Waals surface area contributed by atoms with E-state index in [1.807, 2.05) is 25.1 Å². The predicted octanol–water partition coefficient (Wildman–Crippen LogP) is 4.63. The minimum Gasteiger partial charge on any atom is -0.399 e. The normalized spacial score (nSPS) is 10.9. The van der Waals surface area contributed by atoms with Gasteiger partial charge in [-0.2, -0.15) is 8.75 Å². The van der Waals surface area contributed by atoms with Gasteiger partial charge in [0.2, 0.25) is 0 Å². The SMILES string of the molecule is Cc1cc(N)ccc1Nc1c(Cl)cc(Cl)c2nsnc12. The highest BCUT2D eigenvalue weighted by Gasteiger charge is 2.14. The zero-order valence-corrected chi connectivity index (χ0v) is 12.8. The molecule has 102 valence electrons. The lowest BCUT2D eigenvalue weighted by Gasteiger charge is -2.12. The van der Waals surface area contributed by atoms with Gasteiger partial charge in [0.05, 0.1) is 27.5 Å². The summed E-state index contributed by atoms with van der Waals surface area (Å²) in [4.78, 5) is 0. The fourth-order valence-corrected chi connectivity index (χ4v) is 3.11. The highest BCUT2D eigenvalue weighted by atomic mass is 35.5. The third-order valence-corrected chi connectivity index (χ3v) is 4.07. The van der Waals surface area contributed by atoms with Crippen molar-refractivity contribution >= 4 is 63.0 Å². The van der Waals surface area contributed by atoms with Crippen LogP contribution in [0.3, 0.4) is 0 Å². The van der Waals surface area contributed by atoms with Crippen LogP contribution in [0.5, 0.6) is 0 Å². The Morgan fingerprint density at radius 2 is 1.85 bits per heavy atom. The third kappa shape index (κ3) is 2.28. The summed E-state index contributed by atoms with van der Waals surface area (Å²) in [6.45, 7) is 1.97. The fourth-order valence-electron chi connectivity index (χ4n) is 1.95. The Bertz CT molecular complexity index is 800. The molecule has 2 aromatic carbocycles. The van der Waals surface area contributed by atoms with Crippen molar-refractivity contribution < 1.29 is 0 Å². The van der Waals surface area contributed by atoms with Crippen molar-refractivity contribution in [2.45, 2.75) is 6.92 Å². The molecule has 0 atom stereocenters. The molecule has 0 aliphatic heterocycles. The summed E-state index contributed by atoms with van der Waals surface area (Å²) >= 11 is 13.5. The zero-order chi connectivity index (χ0) is 14.3. The van der Waals surface area contributed by atoms with E-state index < -0.39 is 0 Å². The third-order valence-electron chi connectivity index (χ3n) is 2.95. The van der Waals surface area contributed by atoms with E-state index in [1.54, 1.807) is 6.07 Å². The minimum atomic E-state index is 0.498. The number of nitrogen functional groups attached to an aromatic ring is 1. The maximum Gasteiger partial charge on any atom is 0.131 e. The summed E-state index contributed by atoms with van der Waals surface area (Å²) in [5.74, 6) is 0. The van der Waals surface area contributed by atoms with Crippen molar-refractivity contribution in [1.82, 2.24) is 8.75 Å². The highest BCUT2D eigenvalue weighted by molar-refractivity contribution is 7.00. The topological polar surface area (TPSA) is 63.8 Å². The first-order valence-electron chi connectivity index (χ1n) is 5.79. The molecule has 1 aromatic heterocycles. The Balaban J connectivity index is 2.13. The smallest absolute Gasteiger partial charge is 0.131 e. The molecule has 0 radical (unpaired) electrons. The Kier molecular flexibility index (Phi) is 3.41. The quantitative estimate of drug-likeness (QED) is 0.674. The van der Waals surface area contributed by atoms with Gasteiger partial charge in [0, 0.05) is 11.4 Å². The average molecular weight is 325 g/mol. The lowest BCUT2D eigenvalue weighted by molar-refractivity contribution is 1.43. The van der Waals surface area contributed by atoms with Crippen molar-refractivity contribution in [2.24, 2.45) is 0 Å². The van der Waals surface area contributed by atoms with Crippen LogP contribution in [0, 0.1) is 6.92 Å². The predicted molar refractivity (Wildman–Crippen MR) is 86.3 cm³/mol. The molecule has 0 spiro atoms. The van der Waals surface area contributed by atoms with Gasteiger partial charge in [0.25, 0.3) is 0 Å². The number of fused-ring (bicyclic) bond motifs is 1. The Labute approximate surface area is 129 Å². The van der Waals surface area contributed by atoms with Crippen LogP contribution in [0.25, 0.3) is 11.0 Å². The number of halogens is 2. The van der Waals surface area contributed by atoms with Crippen LogP contribution in [-0.4, -0.2) is 8.75 Å². The number of aryl methyl sites for hydroxylation is 1. The molecule has 4 nitrogen and oxygen atoms in total. The van der Waals surface area contributed by atoms with E-state index >= 15 is 0 Å². The first kappa shape index (κ1) is 13.4. The molecule has 0 saturated heterocycles. The molecule has 0 amide bonds. The molecule has 3 N–H and O–H groups in total. The van der Waals surface area contributed by atoms with Gasteiger partial charge in [-0.1, -0.05) is 23.2 Å². The monoisotopic (exact) mass is 324 g/mol. The number of hydrogen-bond donors (Lipinski definition) is 2. The molecular weight excluding hydrogens is 315 g/mol. The molecular formula is C13H10Cl2N4S. The number of nitrogens with two attached hydrogens (primary N) is 1. The van der Waals surface area contributed by atoms with Gasteiger partial charge in [-0.15, -0.1) is 0 Å². The number of aromatic nitrogens is 2. The second-order valence-corrected chi connectivity index (χ2v) is 5.72. The van der Waals surface area contributed by atoms with Crippen LogP contribution in [0.15, 0.2) is 24.3 Å². The lowest BCUT2D eigenvalue weighted by atomic mass is 10.1. The number of hydrogen-bond acceptors (Lipinski definition) is 5. The minimum absolute atomic E-state index is 0.498. The van der Waals surface area contributed by atoms with E-state index in [2.05, 4.69) is 14.1 Å². The molecule has 3 rings (SSSR count). The maximum atomic E-state index is 6.26. The van der Waals surface area contributed by atoms with E-state index in [-0.39, 0.29) is 0 Å². The van der Waals surface area contributed by atoms with Gasteiger partial charge in [0.15, 0.2) is 0 Å². The van der Waals surface area contributed by atoms with Crippen LogP contribution < -0.4 is 11.1 Å². The van der Waals surface area contributed by atoms with Crippen molar-refractivity contribution in [3.05, 3.63) is 39.9 Å². The molecule has 0 aliphatic carbocycles. The molecule has 0 unspecified atom stereocenters.